The number of carbonyl (C=O) groups is 3. The number of hydrogen-bond acceptors (Lipinski definition) is 5. The van der Waals surface area contributed by atoms with Crippen molar-refractivity contribution < 1.29 is 29.0 Å². The number of hydrogen-bond donors (Lipinski definition) is 2. The molecule has 0 radical (unpaired) electrons. The maximum absolute atomic E-state index is 12.8. The topological polar surface area (TPSA) is 105 Å². The average molecular weight is 350 g/mol. The third-order valence-electron chi connectivity index (χ3n) is 3.37. The lowest BCUT2D eigenvalue weighted by Gasteiger charge is -2.25. The lowest BCUT2D eigenvalue weighted by molar-refractivity contribution is -0.136. The van der Waals surface area contributed by atoms with Crippen LogP contribution in [0, 0.1) is 0 Å². The molecule has 8 nitrogen and oxygen atoms in total. The van der Waals surface area contributed by atoms with Crippen molar-refractivity contribution in [3.8, 4) is 5.75 Å². The second-order valence-electron chi connectivity index (χ2n) is 6.61. The number of nitrogens with zero attached hydrogens (tertiary/aromatic N) is 1. The smallest absolute Gasteiger partial charge is 0.408 e. The number of fused-ring (bicyclic) bond motifs is 1. The lowest BCUT2D eigenvalue weighted by atomic mass is 10.2. The third-order valence-corrected chi connectivity index (χ3v) is 3.37. The van der Waals surface area contributed by atoms with Crippen molar-refractivity contribution in [2.75, 3.05) is 18.1 Å². The van der Waals surface area contributed by atoms with Gasteiger partial charge in [0.25, 0.3) is 5.91 Å². The molecule has 8 heteroatoms. The Kier molecular flexibility index (Phi) is 5.51. The summed E-state index contributed by atoms with van der Waals surface area (Å²) in [5, 5.41) is 11.4. The molecule has 1 atom stereocenters. The number of benzene rings is 1. The highest BCUT2D eigenvalue weighted by molar-refractivity contribution is 6.01. The van der Waals surface area contributed by atoms with Crippen molar-refractivity contribution in [3.05, 3.63) is 24.3 Å². The molecule has 0 bridgehead atoms. The normalized spacial score (nSPS) is 17.2. The van der Waals surface area contributed by atoms with E-state index in [1.54, 1.807) is 45.0 Å². The largest absolute Gasteiger partial charge is 0.489 e. The van der Waals surface area contributed by atoms with Gasteiger partial charge in [-0.3, -0.25) is 9.59 Å². The van der Waals surface area contributed by atoms with Crippen molar-refractivity contribution in [2.45, 2.75) is 38.8 Å². The van der Waals surface area contributed by atoms with Crippen LogP contribution in [0.1, 0.15) is 27.2 Å². The van der Waals surface area contributed by atoms with Gasteiger partial charge >= 0.3 is 12.1 Å². The van der Waals surface area contributed by atoms with E-state index in [1.165, 1.54) is 4.90 Å². The molecular formula is C17H22N2O6. The molecule has 0 aliphatic carbocycles. The molecule has 2 N–H and O–H groups in total. The van der Waals surface area contributed by atoms with Crippen molar-refractivity contribution in [1.82, 2.24) is 5.32 Å². The van der Waals surface area contributed by atoms with Crippen LogP contribution in [0.3, 0.4) is 0 Å². The van der Waals surface area contributed by atoms with E-state index in [4.69, 9.17) is 14.6 Å². The van der Waals surface area contributed by atoms with E-state index >= 15 is 0 Å². The molecule has 1 aromatic rings. The first-order valence-corrected chi connectivity index (χ1v) is 7.92. The highest BCUT2D eigenvalue weighted by Crippen LogP contribution is 2.31. The Labute approximate surface area is 145 Å². The molecular weight excluding hydrogens is 328 g/mol. The number of alkyl carbamates (subject to hydrolysis) is 1. The van der Waals surface area contributed by atoms with Crippen LogP contribution in [0.2, 0.25) is 0 Å². The number of rotatable bonds is 4. The van der Waals surface area contributed by atoms with Crippen LogP contribution in [0.25, 0.3) is 0 Å². The van der Waals surface area contributed by atoms with Gasteiger partial charge in [-0.1, -0.05) is 12.1 Å². The Bertz CT molecular complexity index is 667. The number of aliphatic carboxylic acids is 1. The first-order chi connectivity index (χ1) is 11.7. The third kappa shape index (κ3) is 5.10. The molecule has 2 rings (SSSR count). The highest BCUT2D eigenvalue weighted by atomic mass is 16.6. The molecule has 0 unspecified atom stereocenters. The molecule has 0 saturated carbocycles. The van der Waals surface area contributed by atoms with Crippen molar-refractivity contribution in [3.63, 3.8) is 0 Å². The van der Waals surface area contributed by atoms with Gasteiger partial charge < -0.3 is 24.8 Å². The minimum Gasteiger partial charge on any atom is -0.489 e. The van der Waals surface area contributed by atoms with Crippen LogP contribution in [-0.4, -0.2) is 47.9 Å². The number of anilines is 1. The fourth-order valence-electron chi connectivity index (χ4n) is 2.34. The number of ether oxygens (including phenoxy) is 2. The molecule has 1 aromatic carbocycles. The Hall–Kier alpha value is -2.77. The van der Waals surface area contributed by atoms with Crippen molar-refractivity contribution in [2.24, 2.45) is 0 Å². The van der Waals surface area contributed by atoms with Gasteiger partial charge in [0.05, 0.1) is 12.1 Å². The van der Waals surface area contributed by atoms with Gasteiger partial charge in [-0.25, -0.2) is 4.79 Å². The van der Waals surface area contributed by atoms with Crippen LogP contribution >= 0.6 is 0 Å². The fourth-order valence-corrected chi connectivity index (χ4v) is 2.34. The number of amides is 2. The predicted octanol–water partition coefficient (Wildman–Crippen LogP) is 1.78. The standard InChI is InChI=1S/C17H22N2O6/c1-17(2,3)25-16(23)18-11-10-24-13-7-5-4-6-12(13)19(15(11)22)9-8-14(20)21/h4-7,11H,8-10H2,1-3H3,(H,18,23)(H,20,21)/t11-/m0/s1. The molecule has 1 aliphatic rings. The van der Waals surface area contributed by atoms with E-state index in [0.29, 0.717) is 11.4 Å². The van der Waals surface area contributed by atoms with Crippen LogP contribution in [0.15, 0.2) is 24.3 Å². The Morgan fingerprint density at radius 3 is 2.68 bits per heavy atom. The molecule has 0 spiro atoms. The van der Waals surface area contributed by atoms with Gasteiger partial charge in [0.2, 0.25) is 0 Å². The number of para-hydroxylation sites is 2. The quantitative estimate of drug-likeness (QED) is 0.857. The van der Waals surface area contributed by atoms with E-state index in [2.05, 4.69) is 5.32 Å². The summed E-state index contributed by atoms with van der Waals surface area (Å²) in [5.41, 5.74) is -0.229. The number of carboxylic acids is 1. The molecule has 0 saturated heterocycles. The van der Waals surface area contributed by atoms with E-state index in [1.807, 2.05) is 0 Å². The summed E-state index contributed by atoms with van der Waals surface area (Å²) in [6.45, 7) is 5.05. The molecule has 0 fully saturated rings. The first kappa shape index (κ1) is 18.6. The maximum Gasteiger partial charge on any atom is 0.408 e. The minimum atomic E-state index is -1.02. The monoisotopic (exact) mass is 350 g/mol. The van der Waals surface area contributed by atoms with Gasteiger partial charge in [-0.2, -0.15) is 0 Å². The summed E-state index contributed by atoms with van der Waals surface area (Å²) >= 11 is 0. The van der Waals surface area contributed by atoms with Crippen LogP contribution in [0.4, 0.5) is 10.5 Å². The zero-order chi connectivity index (χ0) is 18.6. The molecule has 25 heavy (non-hydrogen) atoms. The Morgan fingerprint density at radius 2 is 2.04 bits per heavy atom. The average Bonchev–Trinajstić information content (AvgIpc) is 2.62. The molecule has 1 heterocycles. The molecule has 136 valence electrons. The van der Waals surface area contributed by atoms with Crippen LogP contribution in [-0.2, 0) is 14.3 Å². The SMILES string of the molecule is CC(C)(C)OC(=O)N[C@H]1COc2ccccc2N(CCC(=O)O)C1=O. The second-order valence-corrected chi connectivity index (χ2v) is 6.61. The number of carbonyl (C=O) groups excluding carboxylic acids is 2. The Morgan fingerprint density at radius 1 is 1.36 bits per heavy atom. The number of nitrogens with one attached hydrogen (secondary N) is 1. The van der Waals surface area contributed by atoms with Gasteiger partial charge in [-0.05, 0) is 32.9 Å². The van der Waals surface area contributed by atoms with Gasteiger partial charge in [-0.15, -0.1) is 0 Å². The fraction of sp³-hybridized carbons (Fsp3) is 0.471. The van der Waals surface area contributed by atoms with Crippen LogP contribution < -0.4 is 15.0 Å². The molecule has 0 aromatic heterocycles. The lowest BCUT2D eigenvalue weighted by Crippen LogP contribution is -2.51. The molecule has 1 aliphatic heterocycles. The summed E-state index contributed by atoms with van der Waals surface area (Å²) in [7, 11) is 0. The van der Waals surface area contributed by atoms with E-state index in [9.17, 15) is 14.4 Å². The van der Waals surface area contributed by atoms with E-state index in [-0.39, 0.29) is 19.6 Å². The maximum atomic E-state index is 12.8. The van der Waals surface area contributed by atoms with E-state index in [0.717, 1.165) is 0 Å². The zero-order valence-corrected chi connectivity index (χ0v) is 14.4. The zero-order valence-electron chi connectivity index (χ0n) is 14.4. The minimum absolute atomic E-state index is 0.0267. The summed E-state index contributed by atoms with van der Waals surface area (Å²) in [6.07, 6.45) is -0.960. The van der Waals surface area contributed by atoms with E-state index < -0.39 is 29.6 Å². The predicted molar refractivity (Wildman–Crippen MR) is 89.7 cm³/mol. The van der Waals surface area contributed by atoms with Gasteiger partial charge in [0, 0.05) is 6.54 Å². The van der Waals surface area contributed by atoms with Crippen LogP contribution in [0.5, 0.6) is 5.75 Å². The van der Waals surface area contributed by atoms with Gasteiger partial charge in [0.1, 0.15) is 24.0 Å². The summed E-state index contributed by atoms with van der Waals surface area (Å²) in [5.74, 6) is -1.01. The van der Waals surface area contributed by atoms with Crippen molar-refractivity contribution in [1.29, 1.82) is 0 Å². The first-order valence-electron chi connectivity index (χ1n) is 7.92. The van der Waals surface area contributed by atoms with Crippen molar-refractivity contribution >= 4 is 23.7 Å². The van der Waals surface area contributed by atoms with Gasteiger partial charge in [0.15, 0.2) is 0 Å². The summed E-state index contributed by atoms with van der Waals surface area (Å²) in [6, 6.07) is 5.86. The second kappa shape index (κ2) is 7.42. The Balaban J connectivity index is 2.21. The summed E-state index contributed by atoms with van der Waals surface area (Å²) in [4.78, 5) is 37.0. The summed E-state index contributed by atoms with van der Waals surface area (Å²) < 4.78 is 10.8. The highest BCUT2D eigenvalue weighted by Gasteiger charge is 2.33. The molecule has 2 amide bonds. The number of carboxylic acid groups (broad SMARTS) is 1.